The lowest BCUT2D eigenvalue weighted by Gasteiger charge is -2.19. The summed E-state index contributed by atoms with van der Waals surface area (Å²) in [7, 11) is -11.6. The van der Waals surface area contributed by atoms with Crippen LogP contribution in [0.25, 0.3) is 0 Å². The Morgan fingerprint density at radius 2 is 1.48 bits per heavy atom. The molecule has 1 unspecified atom stereocenters. The van der Waals surface area contributed by atoms with Gasteiger partial charge in [-0.05, 0) is 37.6 Å². The number of sulfonamides is 1. The van der Waals surface area contributed by atoms with Crippen LogP contribution in [0.1, 0.15) is 38.2 Å². The first-order chi connectivity index (χ1) is 14.5. The monoisotopic (exact) mass is 487 g/mol. The van der Waals surface area contributed by atoms with Crippen LogP contribution in [0.5, 0.6) is 0 Å². The molecule has 0 saturated carbocycles. The second-order valence-electron chi connectivity index (χ2n) is 7.40. The van der Waals surface area contributed by atoms with E-state index in [-0.39, 0.29) is 15.5 Å². The first-order valence-electron chi connectivity index (χ1n) is 9.96. The summed E-state index contributed by atoms with van der Waals surface area (Å²) >= 11 is 0. The van der Waals surface area contributed by atoms with Gasteiger partial charge in [-0.3, -0.25) is 4.18 Å². The third-order valence-electron chi connectivity index (χ3n) is 4.50. The minimum Gasteiger partial charge on any atom is -0.266 e. The minimum absolute atomic E-state index is 0.0756. The molecular formula is C21H29NO6S3. The molecule has 2 aromatic carbocycles. The van der Waals surface area contributed by atoms with Gasteiger partial charge < -0.3 is 0 Å². The molecule has 172 valence electrons. The van der Waals surface area contributed by atoms with E-state index in [0.717, 1.165) is 24.7 Å². The van der Waals surface area contributed by atoms with Crippen LogP contribution in [0.15, 0.2) is 68.2 Å². The Balaban J connectivity index is 2.56. The third-order valence-corrected chi connectivity index (χ3v) is 9.57. The van der Waals surface area contributed by atoms with Crippen LogP contribution in [0.3, 0.4) is 0 Å². The summed E-state index contributed by atoms with van der Waals surface area (Å²) in [6.45, 7) is 3.83. The molecule has 0 radical (unpaired) electrons. The number of aryl methyl sites for hydroxylation is 1. The van der Waals surface area contributed by atoms with Crippen molar-refractivity contribution in [3.8, 4) is 0 Å². The summed E-state index contributed by atoms with van der Waals surface area (Å²) in [4.78, 5) is 0.136. The molecule has 0 amide bonds. The predicted molar refractivity (Wildman–Crippen MR) is 122 cm³/mol. The van der Waals surface area contributed by atoms with E-state index >= 15 is 0 Å². The molecule has 2 atom stereocenters. The highest BCUT2D eigenvalue weighted by Crippen LogP contribution is 2.24. The molecule has 2 rings (SSSR count). The Hall–Kier alpha value is -1.75. The minimum atomic E-state index is -4.25. The molecule has 0 heterocycles. The molecular weight excluding hydrogens is 458 g/mol. The fourth-order valence-electron chi connectivity index (χ4n) is 2.99. The lowest BCUT2D eigenvalue weighted by atomic mass is 10.1. The van der Waals surface area contributed by atoms with Crippen LogP contribution in [0, 0.1) is 6.92 Å². The Morgan fingerprint density at radius 3 is 2.03 bits per heavy atom. The maximum Gasteiger partial charge on any atom is 0.290 e. The van der Waals surface area contributed by atoms with Gasteiger partial charge in [-0.15, -0.1) is 3.77 Å². The van der Waals surface area contributed by atoms with Gasteiger partial charge in [0.05, 0.1) is 32.7 Å². The number of hydrogen-bond donors (Lipinski definition) is 0. The molecule has 0 bridgehead atoms. The molecule has 2 aromatic rings. The second-order valence-corrected chi connectivity index (χ2v) is 13.1. The van der Waals surface area contributed by atoms with Crippen molar-refractivity contribution in [2.24, 2.45) is 3.77 Å². The maximum atomic E-state index is 14.0. The lowest BCUT2D eigenvalue weighted by molar-refractivity contribution is 0.219. The molecule has 0 saturated heterocycles. The fourth-order valence-corrected chi connectivity index (χ4v) is 7.93. The summed E-state index contributed by atoms with van der Waals surface area (Å²) in [5.41, 5.74) is 0.875. The van der Waals surface area contributed by atoms with Crippen molar-refractivity contribution in [1.82, 2.24) is 0 Å². The zero-order chi connectivity index (χ0) is 23.1. The van der Waals surface area contributed by atoms with Gasteiger partial charge in [0.1, 0.15) is 0 Å². The van der Waals surface area contributed by atoms with Gasteiger partial charge in [-0.1, -0.05) is 62.1 Å². The average Bonchev–Trinajstić information content (AvgIpc) is 2.67. The van der Waals surface area contributed by atoms with E-state index in [1.165, 1.54) is 24.3 Å². The first-order valence-corrected chi connectivity index (χ1v) is 14.9. The van der Waals surface area contributed by atoms with E-state index in [1.54, 1.807) is 30.3 Å². The molecule has 0 N–H and O–H groups in total. The van der Waals surface area contributed by atoms with E-state index in [0.29, 0.717) is 12.8 Å². The number of rotatable bonds is 11. The smallest absolute Gasteiger partial charge is 0.266 e. The van der Waals surface area contributed by atoms with Crippen LogP contribution < -0.4 is 0 Å². The molecule has 31 heavy (non-hydrogen) atoms. The van der Waals surface area contributed by atoms with Crippen LogP contribution in [0.2, 0.25) is 0 Å². The van der Waals surface area contributed by atoms with E-state index in [4.69, 9.17) is 4.18 Å². The maximum absolute atomic E-state index is 14.0. The molecule has 7 nitrogen and oxygen atoms in total. The Morgan fingerprint density at radius 1 is 0.871 bits per heavy atom. The Bertz CT molecular complexity index is 1180. The zero-order valence-corrected chi connectivity index (χ0v) is 20.4. The van der Waals surface area contributed by atoms with Crippen LogP contribution >= 0.6 is 0 Å². The van der Waals surface area contributed by atoms with Crippen molar-refractivity contribution in [3.05, 3.63) is 60.2 Å². The summed E-state index contributed by atoms with van der Waals surface area (Å²) in [5, 5.41) is 0. The summed E-state index contributed by atoms with van der Waals surface area (Å²) < 4.78 is 72.4. The van der Waals surface area contributed by atoms with Crippen LogP contribution in [-0.4, -0.2) is 39.2 Å². The molecule has 0 aliphatic rings. The van der Waals surface area contributed by atoms with Gasteiger partial charge in [0.15, 0.2) is 0 Å². The zero-order valence-electron chi connectivity index (χ0n) is 17.9. The average molecular weight is 488 g/mol. The summed E-state index contributed by atoms with van der Waals surface area (Å²) in [6.07, 6.45) is 2.70. The fraction of sp³-hybridized carbons (Fsp3) is 0.429. The summed E-state index contributed by atoms with van der Waals surface area (Å²) in [5.74, 6) is -0.348. The van der Waals surface area contributed by atoms with E-state index < -0.39 is 36.0 Å². The van der Waals surface area contributed by atoms with E-state index in [9.17, 15) is 21.0 Å². The van der Waals surface area contributed by atoms with E-state index in [2.05, 4.69) is 3.77 Å². The van der Waals surface area contributed by atoms with Gasteiger partial charge in [-0.2, -0.15) is 16.8 Å². The number of hydrogen-bond acceptors (Lipinski definition) is 6. The number of nitrogens with zero attached hydrogens (tertiary/aromatic N) is 1. The van der Waals surface area contributed by atoms with Crippen LogP contribution in [0.4, 0.5) is 0 Å². The lowest BCUT2D eigenvalue weighted by Crippen LogP contribution is -2.27. The number of benzene rings is 2. The first kappa shape index (κ1) is 25.5. The molecule has 0 spiro atoms. The Labute approximate surface area is 186 Å². The van der Waals surface area contributed by atoms with Crippen molar-refractivity contribution in [3.63, 3.8) is 0 Å². The Kier molecular flexibility index (Phi) is 8.82. The molecule has 0 aliphatic heterocycles. The molecule has 10 heteroatoms. The third kappa shape index (κ3) is 8.03. The highest BCUT2D eigenvalue weighted by atomic mass is 32.3. The molecule has 0 aromatic heterocycles. The van der Waals surface area contributed by atoms with Gasteiger partial charge >= 0.3 is 0 Å². The van der Waals surface area contributed by atoms with Gasteiger partial charge in [-0.25, -0.2) is 4.21 Å². The van der Waals surface area contributed by atoms with Gasteiger partial charge in [0.25, 0.3) is 20.1 Å². The van der Waals surface area contributed by atoms with Crippen molar-refractivity contribution >= 4 is 29.9 Å². The van der Waals surface area contributed by atoms with Crippen molar-refractivity contribution in [2.45, 2.75) is 55.4 Å². The van der Waals surface area contributed by atoms with Crippen molar-refractivity contribution in [2.75, 3.05) is 12.0 Å². The second kappa shape index (κ2) is 10.7. The normalized spacial score (nSPS) is 15.2. The number of unbranched alkanes of at least 4 members (excludes halogenated alkanes) is 2. The highest BCUT2D eigenvalue weighted by molar-refractivity contribution is 8.03. The largest absolute Gasteiger partial charge is 0.290 e. The molecule has 0 fully saturated rings. The van der Waals surface area contributed by atoms with Crippen molar-refractivity contribution < 1.29 is 25.2 Å². The SMILES string of the molecule is CCCCC[C@@H](CS(=O)(=NS(=O)(=O)c1ccc(C)cc1)c1ccccc1)OS(C)(=O)=O. The topological polar surface area (TPSA) is 107 Å². The van der Waals surface area contributed by atoms with Crippen molar-refractivity contribution in [1.29, 1.82) is 0 Å². The summed E-state index contributed by atoms with van der Waals surface area (Å²) in [6, 6.07) is 14.1. The molecule has 0 aliphatic carbocycles. The van der Waals surface area contributed by atoms with Gasteiger partial charge in [0.2, 0.25) is 0 Å². The van der Waals surface area contributed by atoms with E-state index in [1.807, 2.05) is 13.8 Å². The van der Waals surface area contributed by atoms with Gasteiger partial charge in [0, 0.05) is 4.90 Å². The standard InChI is InChI=1S/C21H29NO6S3/c1-4-5-7-10-19(28-29(3,23)24)17-30(25,20-11-8-6-9-12-20)22-31(26,27)21-15-13-18(2)14-16-21/h6,8-9,11-16,19H,4-5,7,10,17H2,1-3H3/t19-,30?/m0/s1. The highest BCUT2D eigenvalue weighted by Gasteiger charge is 2.27. The quantitative estimate of drug-likeness (QED) is 0.348. The predicted octanol–water partition coefficient (Wildman–Crippen LogP) is 4.14. The van der Waals surface area contributed by atoms with Crippen LogP contribution in [-0.2, 0) is 34.1 Å².